The number of anilines is 1. The van der Waals surface area contributed by atoms with Crippen LogP contribution in [0.2, 0.25) is 5.02 Å². The summed E-state index contributed by atoms with van der Waals surface area (Å²) < 4.78 is 11.8. The first-order valence-electron chi connectivity index (χ1n) is 15.7. The van der Waals surface area contributed by atoms with Crippen molar-refractivity contribution >= 4 is 23.2 Å². The van der Waals surface area contributed by atoms with Gasteiger partial charge < -0.3 is 24.4 Å². The second-order valence-electron chi connectivity index (χ2n) is 12.9. The second kappa shape index (κ2) is 12.1. The smallest absolute Gasteiger partial charge is 0.232 e. The van der Waals surface area contributed by atoms with E-state index in [0.717, 1.165) is 59.9 Å². The van der Waals surface area contributed by atoms with Crippen LogP contribution in [0.3, 0.4) is 0 Å². The highest BCUT2D eigenvalue weighted by Crippen LogP contribution is 2.45. The highest BCUT2D eigenvalue weighted by atomic mass is 35.5. The fourth-order valence-corrected chi connectivity index (χ4v) is 7.23. The van der Waals surface area contributed by atoms with Gasteiger partial charge in [0.25, 0.3) is 0 Å². The van der Waals surface area contributed by atoms with Crippen molar-refractivity contribution in [1.82, 2.24) is 4.90 Å². The molecule has 7 heteroatoms. The quantitative estimate of drug-likeness (QED) is 0.293. The maximum Gasteiger partial charge on any atom is 0.232 e. The van der Waals surface area contributed by atoms with Crippen molar-refractivity contribution < 1.29 is 19.4 Å². The molecule has 0 spiro atoms. The molecular formula is C36H43ClN2O4. The first kappa shape index (κ1) is 30.0. The zero-order valence-electron chi connectivity index (χ0n) is 25.7. The standard InChI is InChI=1S/C36H43ClN2O4/c1-23(2)43-33-22-31-25(20-32(33)42-4)21-34(40)39(35(31)24-8-12-28(37)13-9-24)30-14-10-26(11-15-30)36(3,41)27-16-18-38(19-17-27)29-6-5-7-29/h8-15,20,22-23,27,29,35,41H,5-7,16-19,21H2,1-4H3/t35?,36-/m1/s1. The lowest BCUT2D eigenvalue weighted by molar-refractivity contribution is -0.118. The minimum absolute atomic E-state index is 0.00472. The molecule has 1 unspecified atom stereocenters. The second-order valence-corrected chi connectivity index (χ2v) is 13.3. The molecule has 0 radical (unpaired) electrons. The third-order valence-corrected chi connectivity index (χ3v) is 10.0. The molecule has 0 bridgehead atoms. The van der Waals surface area contributed by atoms with Gasteiger partial charge in [-0.15, -0.1) is 0 Å². The summed E-state index contributed by atoms with van der Waals surface area (Å²) in [5.41, 5.74) is 3.61. The average molecular weight is 603 g/mol. The molecule has 0 aromatic heterocycles. The van der Waals surface area contributed by atoms with E-state index < -0.39 is 5.60 Å². The molecule has 228 valence electrons. The van der Waals surface area contributed by atoms with E-state index in [1.54, 1.807) is 7.11 Å². The molecule has 43 heavy (non-hydrogen) atoms. The van der Waals surface area contributed by atoms with Crippen LogP contribution in [0.25, 0.3) is 0 Å². The number of fused-ring (bicyclic) bond motifs is 1. The molecule has 1 N–H and O–H groups in total. The van der Waals surface area contributed by atoms with Gasteiger partial charge in [-0.1, -0.05) is 42.3 Å². The number of carbonyl (C=O) groups is 1. The first-order chi connectivity index (χ1) is 20.7. The number of hydrogen-bond donors (Lipinski definition) is 1. The number of aliphatic hydroxyl groups is 1. The van der Waals surface area contributed by atoms with Gasteiger partial charge >= 0.3 is 0 Å². The van der Waals surface area contributed by atoms with Crippen molar-refractivity contribution in [3.05, 3.63) is 87.9 Å². The Morgan fingerprint density at radius 2 is 1.63 bits per heavy atom. The number of likely N-dealkylation sites (tertiary alicyclic amines) is 1. The van der Waals surface area contributed by atoms with Crippen molar-refractivity contribution in [2.75, 3.05) is 25.1 Å². The van der Waals surface area contributed by atoms with E-state index in [2.05, 4.69) is 4.90 Å². The van der Waals surface area contributed by atoms with Crippen LogP contribution in [0, 0.1) is 5.92 Å². The van der Waals surface area contributed by atoms with Crippen molar-refractivity contribution in [1.29, 1.82) is 0 Å². The van der Waals surface area contributed by atoms with Gasteiger partial charge in [0, 0.05) is 16.8 Å². The monoisotopic (exact) mass is 602 g/mol. The Morgan fingerprint density at radius 3 is 2.21 bits per heavy atom. The van der Waals surface area contributed by atoms with E-state index >= 15 is 0 Å². The zero-order valence-corrected chi connectivity index (χ0v) is 26.4. The molecule has 1 aliphatic carbocycles. The number of benzene rings is 3. The number of amides is 1. The normalized spacial score (nSPS) is 21.3. The molecular weight excluding hydrogens is 560 g/mol. The molecule has 6 nitrogen and oxygen atoms in total. The van der Waals surface area contributed by atoms with Crippen LogP contribution in [0.5, 0.6) is 11.5 Å². The van der Waals surface area contributed by atoms with E-state index in [1.165, 1.54) is 19.3 Å². The Morgan fingerprint density at radius 1 is 0.953 bits per heavy atom. The summed E-state index contributed by atoms with van der Waals surface area (Å²) in [6, 6.07) is 19.9. The first-order valence-corrected chi connectivity index (χ1v) is 16.1. The number of halogens is 1. The largest absolute Gasteiger partial charge is 0.493 e. The number of hydrogen-bond acceptors (Lipinski definition) is 5. The van der Waals surface area contributed by atoms with Gasteiger partial charge in [-0.3, -0.25) is 4.79 Å². The third kappa shape index (κ3) is 5.90. The van der Waals surface area contributed by atoms with Crippen LogP contribution >= 0.6 is 11.6 Å². The number of rotatable bonds is 8. The summed E-state index contributed by atoms with van der Waals surface area (Å²) in [6.45, 7) is 8.04. The van der Waals surface area contributed by atoms with Crippen LogP contribution in [0.4, 0.5) is 5.69 Å². The molecule has 6 rings (SSSR count). The van der Waals surface area contributed by atoms with E-state index in [-0.39, 0.29) is 30.4 Å². The highest BCUT2D eigenvalue weighted by Gasteiger charge is 2.39. The van der Waals surface area contributed by atoms with E-state index in [4.69, 9.17) is 21.1 Å². The Bertz CT molecular complexity index is 1440. The van der Waals surface area contributed by atoms with Gasteiger partial charge in [-0.2, -0.15) is 0 Å². The SMILES string of the molecule is COc1cc2c(cc1OC(C)C)C(c1ccc(Cl)cc1)N(c1ccc([C@@](C)(O)C3CCN(C4CCC4)CC3)cc1)C(=O)C2. The Labute approximate surface area is 260 Å². The highest BCUT2D eigenvalue weighted by molar-refractivity contribution is 6.30. The maximum absolute atomic E-state index is 13.9. The van der Waals surface area contributed by atoms with Crippen LogP contribution in [-0.2, 0) is 16.8 Å². The predicted octanol–water partition coefficient (Wildman–Crippen LogP) is 7.29. The minimum atomic E-state index is -0.933. The molecule has 2 aliphatic heterocycles. The summed E-state index contributed by atoms with van der Waals surface area (Å²) >= 11 is 6.27. The van der Waals surface area contributed by atoms with E-state index in [1.807, 2.05) is 86.3 Å². The van der Waals surface area contributed by atoms with Crippen molar-refractivity contribution in [3.63, 3.8) is 0 Å². The molecule has 2 heterocycles. The van der Waals surface area contributed by atoms with Crippen LogP contribution in [0.15, 0.2) is 60.7 Å². The molecule has 3 aromatic rings. The molecule has 2 fully saturated rings. The summed E-state index contributed by atoms with van der Waals surface area (Å²) in [7, 11) is 1.62. The Hall–Kier alpha value is -3.06. The summed E-state index contributed by atoms with van der Waals surface area (Å²) in [6.07, 6.45) is 6.19. The molecule has 3 aromatic carbocycles. The van der Waals surface area contributed by atoms with E-state index in [9.17, 15) is 9.90 Å². The van der Waals surface area contributed by atoms with Gasteiger partial charge in [-0.25, -0.2) is 0 Å². The predicted molar refractivity (Wildman–Crippen MR) is 171 cm³/mol. The van der Waals surface area contributed by atoms with Crippen molar-refractivity contribution in [2.45, 2.75) is 83.1 Å². The van der Waals surface area contributed by atoms with Crippen LogP contribution < -0.4 is 14.4 Å². The average Bonchev–Trinajstić information content (AvgIpc) is 2.96. The van der Waals surface area contributed by atoms with Gasteiger partial charge in [0.2, 0.25) is 5.91 Å². The number of methoxy groups -OCH3 is 1. The lowest BCUT2D eigenvalue weighted by atomic mass is 9.76. The lowest BCUT2D eigenvalue weighted by Crippen LogP contribution is -2.48. The Kier molecular flexibility index (Phi) is 8.47. The maximum atomic E-state index is 13.9. The van der Waals surface area contributed by atoms with Gasteiger partial charge in [0.05, 0.1) is 31.3 Å². The van der Waals surface area contributed by atoms with Crippen molar-refractivity contribution in [2.24, 2.45) is 5.92 Å². The summed E-state index contributed by atoms with van der Waals surface area (Å²) in [5.74, 6) is 1.47. The van der Waals surface area contributed by atoms with Crippen LogP contribution in [0.1, 0.15) is 81.2 Å². The third-order valence-electron chi connectivity index (χ3n) is 9.78. The number of ether oxygens (including phenoxy) is 2. The molecule has 1 saturated carbocycles. The molecule has 3 aliphatic rings. The van der Waals surface area contributed by atoms with Gasteiger partial charge in [0.1, 0.15) is 0 Å². The van der Waals surface area contributed by atoms with Crippen molar-refractivity contribution in [3.8, 4) is 11.5 Å². The fraction of sp³-hybridized carbons (Fsp3) is 0.472. The molecule has 1 amide bonds. The summed E-state index contributed by atoms with van der Waals surface area (Å²) in [4.78, 5) is 18.4. The Balaban J connectivity index is 1.32. The van der Waals surface area contributed by atoms with Gasteiger partial charge in [0.15, 0.2) is 11.5 Å². The summed E-state index contributed by atoms with van der Waals surface area (Å²) in [5, 5.41) is 12.4. The number of nitrogens with zero attached hydrogens (tertiary/aromatic N) is 2. The zero-order chi connectivity index (χ0) is 30.3. The molecule has 2 atom stereocenters. The fourth-order valence-electron chi connectivity index (χ4n) is 7.10. The molecule has 1 saturated heterocycles. The number of carbonyl (C=O) groups excluding carboxylic acids is 1. The van der Waals surface area contributed by atoms with Crippen LogP contribution in [-0.4, -0.2) is 48.3 Å². The topological polar surface area (TPSA) is 62.2 Å². The van der Waals surface area contributed by atoms with Gasteiger partial charge in [-0.05, 0) is 124 Å². The lowest BCUT2D eigenvalue weighted by Gasteiger charge is -2.45. The number of piperidine rings is 1. The minimum Gasteiger partial charge on any atom is -0.493 e. The van der Waals surface area contributed by atoms with E-state index in [0.29, 0.717) is 16.5 Å².